The van der Waals surface area contributed by atoms with E-state index in [4.69, 9.17) is 0 Å². The van der Waals surface area contributed by atoms with Crippen LogP contribution < -0.4 is 16.0 Å². The normalized spacial score (nSPS) is 16.7. The van der Waals surface area contributed by atoms with Gasteiger partial charge in [0.2, 0.25) is 5.95 Å². The van der Waals surface area contributed by atoms with E-state index in [9.17, 15) is 0 Å². The van der Waals surface area contributed by atoms with E-state index < -0.39 is 0 Å². The minimum Gasteiger partial charge on any atom is -0.383 e. The molecular formula is C17H19N9. The molecule has 132 valence electrons. The number of anilines is 3. The highest BCUT2D eigenvalue weighted by atomic mass is 15.3. The molecule has 0 aliphatic carbocycles. The van der Waals surface area contributed by atoms with Crippen molar-refractivity contribution in [2.45, 2.75) is 19.9 Å². The monoisotopic (exact) mass is 349 g/mol. The molecule has 3 N–H and O–H groups in total. The van der Waals surface area contributed by atoms with Gasteiger partial charge in [-0.1, -0.05) is 0 Å². The molecule has 0 fully saturated rings. The van der Waals surface area contributed by atoms with Crippen molar-refractivity contribution in [3.8, 4) is 0 Å². The summed E-state index contributed by atoms with van der Waals surface area (Å²) in [7, 11) is 1.86. The second-order valence-electron chi connectivity index (χ2n) is 6.16. The maximum Gasteiger partial charge on any atom is 0.229 e. The minimum absolute atomic E-state index is 0.177. The van der Waals surface area contributed by atoms with Crippen molar-refractivity contribution >= 4 is 28.5 Å². The first kappa shape index (κ1) is 16.0. The van der Waals surface area contributed by atoms with Gasteiger partial charge in [-0.05, 0) is 31.7 Å². The number of aryl methyl sites for hydroxylation is 1. The minimum atomic E-state index is 0.177. The summed E-state index contributed by atoms with van der Waals surface area (Å²) in [6.45, 7) is 4.14. The Morgan fingerprint density at radius 3 is 2.77 bits per heavy atom. The fourth-order valence-electron chi connectivity index (χ4n) is 2.72. The average molecular weight is 349 g/mol. The van der Waals surface area contributed by atoms with Crippen LogP contribution in [0.25, 0.3) is 11.0 Å². The first-order valence-electron chi connectivity index (χ1n) is 8.23. The van der Waals surface area contributed by atoms with Gasteiger partial charge in [-0.2, -0.15) is 10.1 Å². The van der Waals surface area contributed by atoms with Gasteiger partial charge in [0.05, 0.1) is 29.5 Å². The summed E-state index contributed by atoms with van der Waals surface area (Å²) in [5.41, 5.74) is 3.65. The summed E-state index contributed by atoms with van der Waals surface area (Å²) in [6.07, 6.45) is 10.7. The van der Waals surface area contributed by atoms with Crippen molar-refractivity contribution in [2.24, 2.45) is 7.05 Å². The van der Waals surface area contributed by atoms with Crippen LogP contribution in [0.15, 0.2) is 48.5 Å². The molecule has 1 unspecified atom stereocenters. The van der Waals surface area contributed by atoms with Gasteiger partial charge in [-0.15, -0.1) is 0 Å². The Labute approximate surface area is 150 Å². The van der Waals surface area contributed by atoms with Crippen LogP contribution in [0.1, 0.15) is 13.8 Å². The van der Waals surface area contributed by atoms with Crippen LogP contribution in [0.4, 0.5) is 17.5 Å². The summed E-state index contributed by atoms with van der Waals surface area (Å²) >= 11 is 0. The molecule has 0 saturated carbocycles. The van der Waals surface area contributed by atoms with Crippen LogP contribution in [0.5, 0.6) is 0 Å². The predicted molar refractivity (Wildman–Crippen MR) is 99.7 cm³/mol. The second kappa shape index (κ2) is 6.43. The summed E-state index contributed by atoms with van der Waals surface area (Å²) in [5.74, 6) is 1.19. The summed E-state index contributed by atoms with van der Waals surface area (Å²) in [6, 6.07) is 0.177. The molecule has 3 aromatic heterocycles. The molecule has 1 atom stereocenters. The van der Waals surface area contributed by atoms with Crippen molar-refractivity contribution in [3.63, 3.8) is 0 Å². The summed E-state index contributed by atoms with van der Waals surface area (Å²) in [5, 5.41) is 15.2. The number of nitrogens with zero attached hydrogens (tertiary/aromatic N) is 6. The van der Waals surface area contributed by atoms with E-state index in [0.29, 0.717) is 5.95 Å². The maximum absolute atomic E-state index is 4.55. The number of hydrogen-bond donors (Lipinski definition) is 3. The third-order valence-corrected chi connectivity index (χ3v) is 4.07. The van der Waals surface area contributed by atoms with Crippen molar-refractivity contribution in [1.82, 2.24) is 35.0 Å². The van der Waals surface area contributed by atoms with Crippen LogP contribution >= 0.6 is 0 Å². The standard InChI is InChI=1S/C17H19N9/c1-10-4-14(11(2)20-5-10)23-15-13-8-21-17(24-16(13)26(3)25-15)22-12-6-18-9-19-7-12/h4-9,11,20H,1-3H3,(H,23,25)(H,21,22,24). The Hall–Kier alpha value is -3.49. The Morgan fingerprint density at radius 2 is 1.96 bits per heavy atom. The third kappa shape index (κ3) is 3.06. The highest BCUT2D eigenvalue weighted by Gasteiger charge is 2.17. The van der Waals surface area contributed by atoms with E-state index in [0.717, 1.165) is 33.8 Å². The first-order valence-corrected chi connectivity index (χ1v) is 8.23. The number of allylic oxidation sites excluding steroid dienone is 2. The van der Waals surface area contributed by atoms with E-state index in [2.05, 4.69) is 54.0 Å². The first-order chi connectivity index (χ1) is 12.6. The van der Waals surface area contributed by atoms with Crippen LogP contribution in [-0.2, 0) is 7.05 Å². The van der Waals surface area contributed by atoms with Gasteiger partial charge in [0.25, 0.3) is 0 Å². The zero-order valence-corrected chi connectivity index (χ0v) is 14.7. The number of hydrogen-bond acceptors (Lipinski definition) is 8. The molecule has 0 saturated heterocycles. The van der Waals surface area contributed by atoms with E-state index >= 15 is 0 Å². The number of nitrogens with one attached hydrogen (secondary N) is 3. The van der Waals surface area contributed by atoms with Crippen molar-refractivity contribution in [3.05, 3.63) is 48.5 Å². The van der Waals surface area contributed by atoms with Gasteiger partial charge >= 0.3 is 0 Å². The fourth-order valence-corrected chi connectivity index (χ4v) is 2.72. The van der Waals surface area contributed by atoms with Gasteiger partial charge < -0.3 is 16.0 Å². The number of fused-ring (bicyclic) bond motifs is 1. The molecule has 26 heavy (non-hydrogen) atoms. The Bertz CT molecular complexity index is 1000. The predicted octanol–water partition coefficient (Wildman–Crippen LogP) is 2.09. The molecule has 3 aromatic rings. The average Bonchev–Trinajstić information content (AvgIpc) is 2.94. The lowest BCUT2D eigenvalue weighted by atomic mass is 10.1. The molecule has 0 aromatic carbocycles. The van der Waals surface area contributed by atoms with Gasteiger partial charge in [-0.3, -0.25) is 0 Å². The van der Waals surface area contributed by atoms with E-state index in [-0.39, 0.29) is 6.04 Å². The molecule has 1 aliphatic rings. The molecule has 9 heteroatoms. The fraction of sp³-hybridized carbons (Fsp3) is 0.235. The van der Waals surface area contributed by atoms with Crippen molar-refractivity contribution in [1.29, 1.82) is 0 Å². The molecule has 4 heterocycles. The smallest absolute Gasteiger partial charge is 0.229 e. The summed E-state index contributed by atoms with van der Waals surface area (Å²) < 4.78 is 1.73. The topological polar surface area (TPSA) is 105 Å². The van der Waals surface area contributed by atoms with Crippen molar-refractivity contribution in [2.75, 3.05) is 10.6 Å². The van der Waals surface area contributed by atoms with E-state index in [1.807, 2.05) is 20.2 Å². The number of aromatic nitrogens is 6. The largest absolute Gasteiger partial charge is 0.383 e. The van der Waals surface area contributed by atoms with E-state index in [1.165, 1.54) is 6.33 Å². The number of rotatable bonds is 4. The molecule has 0 bridgehead atoms. The molecule has 0 spiro atoms. The Kier molecular flexibility index (Phi) is 3.96. The SMILES string of the molecule is CC1=CNC(C)C(Nc2nn(C)c3nc(Nc4cncnc4)ncc23)=C1. The molecule has 4 rings (SSSR count). The van der Waals surface area contributed by atoms with Crippen LogP contribution in [-0.4, -0.2) is 35.8 Å². The van der Waals surface area contributed by atoms with Gasteiger partial charge in [0.1, 0.15) is 6.33 Å². The van der Waals surface area contributed by atoms with Gasteiger partial charge in [0.15, 0.2) is 11.5 Å². The lowest BCUT2D eigenvalue weighted by Crippen LogP contribution is -2.29. The maximum atomic E-state index is 4.55. The summed E-state index contributed by atoms with van der Waals surface area (Å²) in [4.78, 5) is 16.9. The molecule has 0 amide bonds. The second-order valence-corrected chi connectivity index (χ2v) is 6.16. The lowest BCUT2D eigenvalue weighted by molar-refractivity contribution is 0.711. The Morgan fingerprint density at radius 1 is 1.15 bits per heavy atom. The molecular weight excluding hydrogens is 330 g/mol. The van der Waals surface area contributed by atoms with Crippen molar-refractivity contribution < 1.29 is 0 Å². The molecule has 0 radical (unpaired) electrons. The third-order valence-electron chi connectivity index (χ3n) is 4.07. The highest BCUT2D eigenvalue weighted by molar-refractivity contribution is 5.88. The van der Waals surface area contributed by atoms with Crippen LogP contribution in [0, 0.1) is 0 Å². The lowest BCUT2D eigenvalue weighted by Gasteiger charge is -2.21. The Balaban J connectivity index is 1.65. The highest BCUT2D eigenvalue weighted by Crippen LogP contribution is 2.24. The van der Waals surface area contributed by atoms with E-state index in [1.54, 1.807) is 23.3 Å². The zero-order chi connectivity index (χ0) is 18.1. The van der Waals surface area contributed by atoms with Crippen LogP contribution in [0.3, 0.4) is 0 Å². The van der Waals surface area contributed by atoms with Gasteiger partial charge in [-0.25, -0.2) is 19.6 Å². The molecule has 1 aliphatic heterocycles. The quantitative estimate of drug-likeness (QED) is 0.657. The van der Waals surface area contributed by atoms with Crippen LogP contribution in [0.2, 0.25) is 0 Å². The molecule has 9 nitrogen and oxygen atoms in total. The van der Waals surface area contributed by atoms with Gasteiger partial charge in [0, 0.05) is 18.9 Å². The number of dihydropyridines is 1. The zero-order valence-electron chi connectivity index (χ0n) is 14.7.